The first-order valence-electron chi connectivity index (χ1n) is 14.3. The number of carboxylic acids is 2. The minimum atomic E-state index is -0.960. The van der Waals surface area contributed by atoms with Crippen LogP contribution >= 0.6 is 0 Å². The quantitative estimate of drug-likeness (QED) is 0.125. The molecule has 43 heavy (non-hydrogen) atoms. The van der Waals surface area contributed by atoms with E-state index in [2.05, 4.69) is 11.4 Å². The van der Waals surface area contributed by atoms with Crippen molar-refractivity contribution >= 4 is 29.6 Å². The molecule has 1 atom stereocenters. The zero-order valence-electron chi connectivity index (χ0n) is 23.8. The molecule has 1 amide bonds. The molecule has 0 saturated heterocycles. The molecule has 1 unspecified atom stereocenters. The van der Waals surface area contributed by atoms with E-state index >= 15 is 0 Å². The van der Waals surface area contributed by atoms with Gasteiger partial charge in [-0.1, -0.05) is 79.2 Å². The van der Waals surface area contributed by atoms with Crippen molar-refractivity contribution in [3.8, 4) is 5.75 Å². The summed E-state index contributed by atoms with van der Waals surface area (Å²) >= 11 is 0. The summed E-state index contributed by atoms with van der Waals surface area (Å²) in [5.41, 5.74) is 4.40. The Balaban J connectivity index is 1.39. The summed E-state index contributed by atoms with van der Waals surface area (Å²) in [6.45, 7) is 0.333. The second-order valence-electron chi connectivity index (χ2n) is 10.3. The number of aliphatic carboxylic acids is 1. The molecule has 0 aliphatic heterocycles. The van der Waals surface area contributed by atoms with Gasteiger partial charge in [-0.3, -0.25) is 9.59 Å². The number of aromatic carboxylic acids is 1. The first-order valence-corrected chi connectivity index (χ1v) is 14.3. The highest BCUT2D eigenvalue weighted by Gasteiger charge is 2.11. The van der Waals surface area contributed by atoms with Crippen LogP contribution in [0.1, 0.15) is 63.1 Å². The molecule has 3 N–H and O–H groups in total. The minimum Gasteiger partial charge on any atom is -0.488 e. The van der Waals surface area contributed by atoms with Crippen LogP contribution in [-0.2, 0) is 17.8 Å². The van der Waals surface area contributed by atoms with Gasteiger partial charge in [0.25, 0.3) is 5.91 Å². The largest absolute Gasteiger partial charge is 0.488 e. The Morgan fingerprint density at radius 3 is 2.09 bits per heavy atom. The molecular formula is C36H35NO6. The van der Waals surface area contributed by atoms with Crippen molar-refractivity contribution in [2.24, 2.45) is 5.92 Å². The molecule has 0 aliphatic rings. The number of amides is 1. The van der Waals surface area contributed by atoms with Gasteiger partial charge in [-0.2, -0.15) is 0 Å². The SMILES string of the molecule is O=C(O)CCCCC(/C=C/c1ccccc1OCc1ccc(C(=O)Nc2ccccc2)cc1)Cc1ccc(C(=O)O)cc1. The van der Waals surface area contributed by atoms with Crippen molar-refractivity contribution < 1.29 is 29.3 Å². The van der Waals surface area contributed by atoms with E-state index in [0.717, 1.165) is 41.0 Å². The van der Waals surface area contributed by atoms with E-state index in [1.54, 1.807) is 24.3 Å². The van der Waals surface area contributed by atoms with Crippen LogP contribution in [0.15, 0.2) is 109 Å². The number of anilines is 1. The fourth-order valence-corrected chi connectivity index (χ4v) is 4.66. The number of nitrogens with one attached hydrogen (secondary N) is 1. The van der Waals surface area contributed by atoms with Gasteiger partial charge in [0.05, 0.1) is 5.56 Å². The summed E-state index contributed by atoms with van der Waals surface area (Å²) in [5, 5.41) is 21.1. The van der Waals surface area contributed by atoms with Crippen molar-refractivity contribution in [1.82, 2.24) is 0 Å². The van der Waals surface area contributed by atoms with Crippen LogP contribution < -0.4 is 10.1 Å². The molecule has 220 valence electrons. The van der Waals surface area contributed by atoms with E-state index in [-0.39, 0.29) is 23.8 Å². The van der Waals surface area contributed by atoms with Gasteiger partial charge in [-0.15, -0.1) is 0 Å². The predicted octanol–water partition coefficient (Wildman–Crippen LogP) is 7.73. The number of unbranched alkanes of at least 4 members (excludes halogenated alkanes) is 1. The van der Waals surface area contributed by atoms with Crippen LogP contribution in [0.3, 0.4) is 0 Å². The van der Waals surface area contributed by atoms with Gasteiger partial charge in [-0.05, 0) is 78.8 Å². The third-order valence-corrected chi connectivity index (χ3v) is 7.02. The molecule has 7 nitrogen and oxygen atoms in total. The normalized spacial score (nSPS) is 11.6. The molecular weight excluding hydrogens is 542 g/mol. The average Bonchev–Trinajstić information content (AvgIpc) is 3.02. The summed E-state index contributed by atoms with van der Waals surface area (Å²) in [6, 6.07) is 31.2. The minimum absolute atomic E-state index is 0.132. The monoisotopic (exact) mass is 577 g/mol. The topological polar surface area (TPSA) is 113 Å². The number of hydrogen-bond donors (Lipinski definition) is 3. The maximum absolute atomic E-state index is 12.5. The molecule has 0 radical (unpaired) electrons. The van der Waals surface area contributed by atoms with Crippen molar-refractivity contribution in [2.75, 3.05) is 5.32 Å². The van der Waals surface area contributed by atoms with Gasteiger partial charge >= 0.3 is 11.9 Å². The second kappa shape index (κ2) is 15.7. The van der Waals surface area contributed by atoms with E-state index in [0.29, 0.717) is 25.0 Å². The summed E-state index contributed by atoms with van der Waals surface area (Å²) in [7, 11) is 0. The van der Waals surface area contributed by atoms with Crippen molar-refractivity contribution in [1.29, 1.82) is 0 Å². The molecule has 0 aromatic heterocycles. The van der Waals surface area contributed by atoms with Gasteiger partial charge < -0.3 is 20.3 Å². The molecule has 0 fully saturated rings. The molecule has 0 aliphatic carbocycles. The Morgan fingerprint density at radius 1 is 0.744 bits per heavy atom. The molecule has 0 heterocycles. The number of para-hydroxylation sites is 2. The number of carbonyl (C=O) groups is 3. The molecule has 0 saturated carbocycles. The third kappa shape index (κ3) is 10.0. The number of rotatable bonds is 15. The summed E-state index contributed by atoms with van der Waals surface area (Å²) in [5.74, 6) is -1.08. The summed E-state index contributed by atoms with van der Waals surface area (Å²) in [6.07, 6.45) is 7.16. The Kier molecular flexibility index (Phi) is 11.3. The fourth-order valence-electron chi connectivity index (χ4n) is 4.66. The number of carbonyl (C=O) groups excluding carboxylic acids is 1. The number of hydrogen-bond acceptors (Lipinski definition) is 4. The summed E-state index contributed by atoms with van der Waals surface area (Å²) < 4.78 is 6.16. The number of carboxylic acid groups (broad SMARTS) is 2. The molecule has 4 rings (SSSR count). The highest BCUT2D eigenvalue weighted by Crippen LogP contribution is 2.25. The van der Waals surface area contributed by atoms with E-state index < -0.39 is 11.9 Å². The van der Waals surface area contributed by atoms with Crippen molar-refractivity contribution in [2.45, 2.75) is 38.7 Å². The van der Waals surface area contributed by atoms with Crippen molar-refractivity contribution in [3.05, 3.63) is 137 Å². The fraction of sp³-hybridized carbons (Fsp3) is 0.194. The van der Waals surface area contributed by atoms with Crippen LogP contribution in [-0.4, -0.2) is 28.1 Å². The van der Waals surface area contributed by atoms with Crippen LogP contribution in [0.2, 0.25) is 0 Å². The van der Waals surface area contributed by atoms with Gasteiger partial charge in [0.2, 0.25) is 0 Å². The maximum atomic E-state index is 12.5. The molecule has 0 spiro atoms. The number of allylic oxidation sites excluding steroid dienone is 1. The van der Waals surface area contributed by atoms with Crippen LogP contribution in [0, 0.1) is 5.92 Å². The van der Waals surface area contributed by atoms with E-state index in [1.165, 1.54) is 0 Å². The molecule has 4 aromatic carbocycles. The lowest BCUT2D eigenvalue weighted by Gasteiger charge is -2.14. The Bertz CT molecular complexity index is 1530. The van der Waals surface area contributed by atoms with Gasteiger partial charge in [0.15, 0.2) is 0 Å². The zero-order chi connectivity index (χ0) is 30.4. The predicted molar refractivity (Wildman–Crippen MR) is 167 cm³/mol. The van der Waals surface area contributed by atoms with Gasteiger partial charge in [-0.25, -0.2) is 4.79 Å². The molecule has 7 heteroatoms. The smallest absolute Gasteiger partial charge is 0.335 e. The van der Waals surface area contributed by atoms with Crippen molar-refractivity contribution in [3.63, 3.8) is 0 Å². The van der Waals surface area contributed by atoms with E-state index in [1.807, 2.05) is 84.9 Å². The molecule has 4 aromatic rings. The lowest BCUT2D eigenvalue weighted by atomic mass is 9.92. The standard InChI is InChI=1S/C36H35NO6/c38-34(39)13-7-4-8-26(24-27-15-22-31(23-16-27)36(41)42)14-19-29-9-5-6-12-33(29)43-25-28-17-20-30(21-18-28)35(40)37-32-10-2-1-3-11-32/h1-3,5-6,9-12,14-23,26H,4,7-8,13,24-25H2,(H,37,40)(H,38,39)(H,41,42)/b19-14+. The van der Waals surface area contributed by atoms with Gasteiger partial charge in [0, 0.05) is 23.2 Å². The van der Waals surface area contributed by atoms with Crippen LogP contribution in [0.25, 0.3) is 6.08 Å². The van der Waals surface area contributed by atoms with E-state index in [9.17, 15) is 19.5 Å². The zero-order valence-corrected chi connectivity index (χ0v) is 23.8. The maximum Gasteiger partial charge on any atom is 0.335 e. The number of benzene rings is 4. The highest BCUT2D eigenvalue weighted by molar-refractivity contribution is 6.04. The average molecular weight is 578 g/mol. The van der Waals surface area contributed by atoms with E-state index in [4.69, 9.17) is 9.84 Å². The molecule has 0 bridgehead atoms. The lowest BCUT2D eigenvalue weighted by molar-refractivity contribution is -0.137. The van der Waals surface area contributed by atoms with Crippen LogP contribution in [0.5, 0.6) is 5.75 Å². The van der Waals surface area contributed by atoms with Crippen LogP contribution in [0.4, 0.5) is 5.69 Å². The Labute approximate surface area is 251 Å². The Morgan fingerprint density at radius 2 is 1.40 bits per heavy atom. The Hall–Kier alpha value is -5.17. The third-order valence-electron chi connectivity index (χ3n) is 7.02. The lowest BCUT2D eigenvalue weighted by Crippen LogP contribution is -2.11. The van der Waals surface area contributed by atoms with Gasteiger partial charge in [0.1, 0.15) is 12.4 Å². The first kappa shape index (κ1) is 30.8. The highest BCUT2D eigenvalue weighted by atomic mass is 16.5. The number of ether oxygens (including phenoxy) is 1. The first-order chi connectivity index (χ1) is 20.9. The summed E-state index contributed by atoms with van der Waals surface area (Å²) in [4.78, 5) is 34.7. The second-order valence-corrected chi connectivity index (χ2v) is 10.3.